The molecule has 0 saturated carbocycles. The first-order valence-electron chi connectivity index (χ1n) is 12.3. The number of Topliss-reactive ketones (excluding diaryl/α,β-unsaturated/α-hetero) is 1. The fraction of sp³-hybridized carbons (Fsp3) is 0.550. The Hall–Kier alpha value is -2.21. The molecule has 0 saturated heterocycles. The van der Waals surface area contributed by atoms with E-state index in [0.29, 0.717) is 4.90 Å². The van der Waals surface area contributed by atoms with Crippen LogP contribution in [0.1, 0.15) is 55.3 Å². The Morgan fingerprint density at radius 1 is 1.46 bits per heavy atom. The van der Waals surface area contributed by atoms with E-state index in [9.17, 15) is 19.5 Å². The van der Waals surface area contributed by atoms with Gasteiger partial charge in [-0.2, -0.15) is 0 Å². The molecule has 142 valence electrons. The van der Waals surface area contributed by atoms with Gasteiger partial charge in [-0.15, -0.1) is 0 Å². The maximum Gasteiger partial charge on any atom is 0.249 e. The fourth-order valence-electron chi connectivity index (χ4n) is 2.39. The highest BCUT2D eigenvalue weighted by molar-refractivity contribution is 5.92. The standard InChI is InChI=1S/C20H28N2O4/c1-12(2)18(24)16(23)11-13(3)19(25)21-17-15-8-6-5-7-14(15)9-10-22(4)20(17)26/h5-8,12-13,17-18,24H,9-11H2,1-4H3,(H,21,25)/t13-,17+,18+/m1/s1/i5D,6D,7D,8D,10D2,17D,18D. The number of likely N-dealkylation sites (N-methyl/N-ethyl adjacent to an activating group) is 1. The van der Waals surface area contributed by atoms with Crippen LogP contribution >= 0.6 is 0 Å². The SMILES string of the molecule is [2H]c1c([2H])c([2H])c2c(c1[2H])CC([2H])([2H])N(C)C(=O)[C@@]2([2H])NC(=O)[C@H](C)CC(=O)[C@@]([2H])(O)C(C)C. The van der Waals surface area contributed by atoms with Gasteiger partial charge in [0.15, 0.2) is 5.78 Å². The van der Waals surface area contributed by atoms with Crippen molar-refractivity contribution in [1.29, 1.82) is 0 Å². The van der Waals surface area contributed by atoms with Crippen LogP contribution in [0.25, 0.3) is 0 Å². The molecule has 6 nitrogen and oxygen atoms in total. The van der Waals surface area contributed by atoms with Gasteiger partial charge in [-0.05, 0) is 23.5 Å². The maximum absolute atomic E-state index is 13.2. The molecule has 0 aliphatic carbocycles. The van der Waals surface area contributed by atoms with Gasteiger partial charge in [0.25, 0.3) is 0 Å². The molecule has 0 bridgehead atoms. The normalized spacial score (nSPS) is 29.9. The number of carbonyl (C=O) groups is 3. The number of aliphatic hydroxyl groups is 1. The second-order valence-electron chi connectivity index (χ2n) is 6.49. The summed E-state index contributed by atoms with van der Waals surface area (Å²) in [5, 5.41) is 12.2. The molecule has 0 fully saturated rings. The van der Waals surface area contributed by atoms with Crippen LogP contribution < -0.4 is 5.32 Å². The van der Waals surface area contributed by atoms with Gasteiger partial charge in [0.1, 0.15) is 12.1 Å². The number of amides is 2. The van der Waals surface area contributed by atoms with Crippen LogP contribution in [0, 0.1) is 11.8 Å². The van der Waals surface area contributed by atoms with Crippen molar-refractivity contribution in [3.8, 4) is 0 Å². The number of hydrogen-bond acceptors (Lipinski definition) is 4. The molecule has 0 aromatic heterocycles. The van der Waals surface area contributed by atoms with Gasteiger partial charge in [0.2, 0.25) is 11.8 Å². The van der Waals surface area contributed by atoms with E-state index in [1.54, 1.807) is 0 Å². The fourth-order valence-corrected chi connectivity index (χ4v) is 2.39. The Kier molecular flexibility index (Phi) is 3.73. The van der Waals surface area contributed by atoms with Crippen LogP contribution in [-0.2, 0) is 20.8 Å². The molecule has 6 heteroatoms. The average molecular weight is 369 g/mol. The number of hydrogen-bond donors (Lipinski definition) is 2. The molecule has 2 amide bonds. The smallest absolute Gasteiger partial charge is 0.249 e. The first kappa shape index (κ1) is 11.5. The average Bonchev–Trinajstić information content (AvgIpc) is 2.78. The lowest BCUT2D eigenvalue weighted by Crippen LogP contribution is -2.43. The summed E-state index contributed by atoms with van der Waals surface area (Å²) in [6.45, 7) is 1.75. The van der Waals surface area contributed by atoms with Crippen molar-refractivity contribution in [2.45, 2.75) is 45.7 Å². The number of fused-ring (bicyclic) bond motifs is 1. The Balaban J connectivity index is 2.59. The highest BCUT2D eigenvalue weighted by atomic mass is 16.3. The predicted molar refractivity (Wildman–Crippen MR) is 98.3 cm³/mol. The summed E-state index contributed by atoms with van der Waals surface area (Å²) in [4.78, 5) is 39.1. The molecule has 2 N–H and O–H groups in total. The van der Waals surface area contributed by atoms with Crippen molar-refractivity contribution in [3.63, 3.8) is 0 Å². The van der Waals surface area contributed by atoms with Gasteiger partial charge in [-0.1, -0.05) is 44.9 Å². The summed E-state index contributed by atoms with van der Waals surface area (Å²) < 4.78 is 65.3. The zero-order chi connectivity index (χ0) is 26.5. The predicted octanol–water partition coefficient (Wildman–Crippen LogP) is 1.47. The minimum absolute atomic E-state index is 0.326. The zero-order valence-corrected chi connectivity index (χ0v) is 15.2. The van der Waals surface area contributed by atoms with Crippen molar-refractivity contribution in [1.82, 2.24) is 10.2 Å². The lowest BCUT2D eigenvalue weighted by atomic mass is 9.94. The molecule has 26 heavy (non-hydrogen) atoms. The molecule has 3 atom stereocenters. The van der Waals surface area contributed by atoms with Crippen molar-refractivity contribution >= 4 is 17.6 Å². The van der Waals surface area contributed by atoms with Crippen molar-refractivity contribution in [2.24, 2.45) is 11.8 Å². The molecular formula is C20H28N2O4. The quantitative estimate of drug-likeness (QED) is 0.796. The van der Waals surface area contributed by atoms with Crippen molar-refractivity contribution < 1.29 is 30.5 Å². The van der Waals surface area contributed by atoms with E-state index < -0.39 is 90.6 Å². The minimum Gasteiger partial charge on any atom is -0.385 e. The van der Waals surface area contributed by atoms with E-state index in [1.807, 2.05) is 0 Å². The summed E-state index contributed by atoms with van der Waals surface area (Å²) in [7, 11) is 1.05. The molecule has 0 spiro atoms. The highest BCUT2D eigenvalue weighted by Gasteiger charge is 2.32. The molecule has 2 rings (SSSR count). The maximum atomic E-state index is 13.2. The number of benzene rings is 1. The lowest BCUT2D eigenvalue weighted by Gasteiger charge is -2.24. The molecule has 1 aromatic carbocycles. The van der Waals surface area contributed by atoms with Crippen molar-refractivity contribution in [2.75, 3.05) is 13.5 Å². The molecule has 1 aliphatic rings. The largest absolute Gasteiger partial charge is 0.385 e. The van der Waals surface area contributed by atoms with Crippen LogP contribution in [0.15, 0.2) is 24.2 Å². The number of rotatable bonds is 6. The molecule has 0 radical (unpaired) electrons. The third kappa shape index (κ3) is 4.49. The van der Waals surface area contributed by atoms with E-state index >= 15 is 0 Å². The van der Waals surface area contributed by atoms with Gasteiger partial charge in [-0.3, -0.25) is 14.4 Å². The first-order valence-corrected chi connectivity index (χ1v) is 8.26. The second-order valence-corrected chi connectivity index (χ2v) is 6.49. The van der Waals surface area contributed by atoms with E-state index in [2.05, 4.69) is 5.32 Å². The second kappa shape index (κ2) is 8.45. The van der Waals surface area contributed by atoms with Gasteiger partial charge in [-0.25, -0.2) is 0 Å². The molecule has 1 aromatic rings. The summed E-state index contributed by atoms with van der Waals surface area (Å²) in [5.74, 6) is -5.23. The van der Waals surface area contributed by atoms with Crippen molar-refractivity contribution in [3.05, 3.63) is 35.3 Å². The third-order valence-corrected chi connectivity index (χ3v) is 4.05. The zero-order valence-electron chi connectivity index (χ0n) is 23.2. The summed E-state index contributed by atoms with van der Waals surface area (Å²) >= 11 is 0. The third-order valence-electron chi connectivity index (χ3n) is 4.05. The first-order chi connectivity index (χ1) is 15.3. The highest BCUT2D eigenvalue weighted by Crippen LogP contribution is 2.25. The summed E-state index contributed by atoms with van der Waals surface area (Å²) in [5.41, 5.74) is -0.907. The molecular weight excluding hydrogens is 332 g/mol. The number of nitrogens with one attached hydrogen (secondary N) is 1. The van der Waals surface area contributed by atoms with Crippen LogP contribution in [0.2, 0.25) is 0 Å². The van der Waals surface area contributed by atoms with Crippen LogP contribution in [-0.4, -0.2) is 47.2 Å². The Morgan fingerprint density at radius 2 is 2.12 bits per heavy atom. The van der Waals surface area contributed by atoms with Gasteiger partial charge < -0.3 is 15.3 Å². The monoisotopic (exact) mass is 368 g/mol. The number of carbonyl (C=O) groups excluding carboxylic acids is 3. The minimum atomic E-state index is -2.83. The molecule has 1 aliphatic heterocycles. The van der Waals surface area contributed by atoms with E-state index in [1.165, 1.54) is 20.8 Å². The van der Waals surface area contributed by atoms with Gasteiger partial charge in [0.05, 0.1) is 8.22 Å². The van der Waals surface area contributed by atoms with Crippen LogP contribution in [0.4, 0.5) is 0 Å². The Labute approximate surface area is 165 Å². The topological polar surface area (TPSA) is 86.7 Å². The van der Waals surface area contributed by atoms with Gasteiger partial charge in [0, 0.05) is 28.6 Å². The Bertz CT molecular complexity index is 1050. The van der Waals surface area contributed by atoms with Crippen LogP contribution in [0.5, 0.6) is 0 Å². The van der Waals surface area contributed by atoms with Crippen LogP contribution in [0.3, 0.4) is 0 Å². The number of nitrogens with zero attached hydrogens (tertiary/aromatic N) is 1. The van der Waals surface area contributed by atoms with E-state index in [4.69, 9.17) is 11.0 Å². The number of ketones is 1. The summed E-state index contributed by atoms with van der Waals surface area (Å²) in [6, 6.07) is -5.66. The van der Waals surface area contributed by atoms with Gasteiger partial charge >= 0.3 is 0 Å². The Morgan fingerprint density at radius 3 is 2.77 bits per heavy atom. The molecule has 0 unspecified atom stereocenters. The van der Waals surface area contributed by atoms with E-state index in [-0.39, 0.29) is 5.56 Å². The lowest BCUT2D eigenvalue weighted by molar-refractivity contribution is -0.137. The van der Waals surface area contributed by atoms with E-state index in [0.717, 1.165) is 7.05 Å². The summed E-state index contributed by atoms with van der Waals surface area (Å²) in [6.07, 6.45) is -3.69. The molecule has 1 heterocycles.